The molecule has 0 aromatic carbocycles. The molecule has 1 aliphatic heterocycles. The molecule has 18 heavy (non-hydrogen) atoms. The molecule has 1 N–H and O–H groups in total. The van der Waals surface area contributed by atoms with Gasteiger partial charge in [0.25, 0.3) is 0 Å². The highest BCUT2D eigenvalue weighted by atomic mass is 16.5. The average molecular weight is 253 g/mol. The zero-order valence-corrected chi connectivity index (χ0v) is 11.4. The Morgan fingerprint density at radius 3 is 2.33 bits per heavy atom. The molecule has 2 atom stereocenters. The Balaban J connectivity index is 2.13. The molecule has 4 nitrogen and oxygen atoms in total. The van der Waals surface area contributed by atoms with Gasteiger partial charge in [0.2, 0.25) is 0 Å². The molecule has 4 heteroatoms. The Bertz CT molecular complexity index is 337. The number of hydrogen-bond donors (Lipinski definition) is 1. The van der Waals surface area contributed by atoms with Crippen LogP contribution in [0.25, 0.3) is 0 Å². The molecule has 0 radical (unpaired) electrons. The van der Waals surface area contributed by atoms with Crippen LogP contribution in [0.1, 0.15) is 26.7 Å². The number of methoxy groups -OCH3 is 1. The number of likely N-dealkylation sites (tertiary alicyclic amines) is 1. The van der Waals surface area contributed by atoms with Gasteiger partial charge in [-0.15, -0.1) is 0 Å². The number of hydrogen-bond acceptors (Lipinski definition) is 2. The summed E-state index contributed by atoms with van der Waals surface area (Å²) in [5.41, 5.74) is 0.0758. The lowest BCUT2D eigenvalue weighted by atomic mass is 9.68. The molecule has 102 valence electrons. The third kappa shape index (κ3) is 2.33. The van der Waals surface area contributed by atoms with Crippen molar-refractivity contribution in [3.8, 4) is 0 Å². The van der Waals surface area contributed by atoms with E-state index in [1.807, 2.05) is 0 Å². The predicted octanol–water partition coefficient (Wildman–Crippen LogP) is 2.81. The number of rotatable bonds is 3. The molecule has 1 amide bonds. The van der Waals surface area contributed by atoms with E-state index in [2.05, 4.69) is 19.9 Å². The van der Waals surface area contributed by atoms with Crippen molar-refractivity contribution in [2.45, 2.75) is 26.7 Å². The summed E-state index contributed by atoms with van der Waals surface area (Å²) >= 11 is 0. The van der Waals surface area contributed by atoms with E-state index in [4.69, 9.17) is 9.84 Å². The van der Waals surface area contributed by atoms with E-state index >= 15 is 0 Å². The van der Waals surface area contributed by atoms with Crippen LogP contribution >= 0.6 is 0 Å². The van der Waals surface area contributed by atoms with Crippen molar-refractivity contribution >= 4 is 6.09 Å². The van der Waals surface area contributed by atoms with Crippen LogP contribution in [0, 0.1) is 23.2 Å². The van der Waals surface area contributed by atoms with Crippen LogP contribution in [0.15, 0.2) is 12.3 Å². The van der Waals surface area contributed by atoms with Crippen LogP contribution < -0.4 is 0 Å². The molecule has 2 fully saturated rings. The average Bonchev–Trinajstić information content (AvgIpc) is 2.59. The number of carboxylic acid groups (broad SMARTS) is 1. The normalized spacial score (nSPS) is 31.9. The van der Waals surface area contributed by atoms with Crippen LogP contribution in [0.3, 0.4) is 0 Å². The van der Waals surface area contributed by atoms with Gasteiger partial charge in [0.15, 0.2) is 0 Å². The van der Waals surface area contributed by atoms with Crippen LogP contribution in [-0.4, -0.2) is 36.3 Å². The number of fused-ring (bicyclic) bond motifs is 2. The van der Waals surface area contributed by atoms with Crippen molar-refractivity contribution in [2.24, 2.45) is 23.2 Å². The largest absolute Gasteiger partial charge is 0.505 e. The molecule has 1 heterocycles. The van der Waals surface area contributed by atoms with E-state index in [0.717, 1.165) is 12.8 Å². The van der Waals surface area contributed by atoms with Crippen molar-refractivity contribution in [3.05, 3.63) is 12.3 Å². The molecule has 0 aromatic rings. The molecule has 2 aliphatic rings. The molecule has 2 unspecified atom stereocenters. The highest BCUT2D eigenvalue weighted by Crippen LogP contribution is 2.51. The Morgan fingerprint density at radius 2 is 1.89 bits per heavy atom. The number of allylic oxidation sites excluding steroid dienone is 1. The zero-order chi connectivity index (χ0) is 13.3. The lowest BCUT2D eigenvalue weighted by Crippen LogP contribution is -2.48. The van der Waals surface area contributed by atoms with Gasteiger partial charge in [0.1, 0.15) is 0 Å². The number of amides is 1. The summed E-state index contributed by atoms with van der Waals surface area (Å²) in [6.07, 6.45) is 5.42. The molecular formula is C14H23NO3. The Labute approximate surface area is 109 Å². The summed E-state index contributed by atoms with van der Waals surface area (Å²) in [4.78, 5) is 12.7. The fourth-order valence-corrected chi connectivity index (χ4v) is 3.95. The maximum absolute atomic E-state index is 11.1. The topological polar surface area (TPSA) is 49.8 Å². The summed E-state index contributed by atoms with van der Waals surface area (Å²) in [5, 5.41) is 9.12. The molecular weight excluding hydrogens is 230 g/mol. The van der Waals surface area contributed by atoms with E-state index in [9.17, 15) is 4.79 Å². The molecule has 2 bridgehead atoms. The highest BCUT2D eigenvalue weighted by Gasteiger charge is 2.48. The first-order valence-corrected chi connectivity index (χ1v) is 6.64. The Morgan fingerprint density at radius 1 is 1.33 bits per heavy atom. The van der Waals surface area contributed by atoms with Gasteiger partial charge in [-0.25, -0.2) is 4.79 Å². The zero-order valence-electron chi connectivity index (χ0n) is 11.4. The van der Waals surface area contributed by atoms with Gasteiger partial charge in [0, 0.05) is 13.1 Å². The molecule has 0 spiro atoms. The van der Waals surface area contributed by atoms with E-state index in [1.54, 1.807) is 18.3 Å². The Kier molecular flexibility index (Phi) is 3.55. The van der Waals surface area contributed by atoms with Gasteiger partial charge in [-0.3, -0.25) is 0 Å². The van der Waals surface area contributed by atoms with Crippen LogP contribution in [0.2, 0.25) is 0 Å². The van der Waals surface area contributed by atoms with Crippen molar-refractivity contribution in [1.29, 1.82) is 0 Å². The monoisotopic (exact) mass is 253 g/mol. The second kappa shape index (κ2) is 4.82. The number of carbonyl (C=O) groups is 1. The van der Waals surface area contributed by atoms with Gasteiger partial charge in [-0.1, -0.05) is 13.8 Å². The van der Waals surface area contributed by atoms with Crippen molar-refractivity contribution in [3.63, 3.8) is 0 Å². The van der Waals surface area contributed by atoms with E-state index in [1.165, 1.54) is 0 Å². The second-order valence-corrected chi connectivity index (χ2v) is 6.17. The van der Waals surface area contributed by atoms with Gasteiger partial charge in [-0.2, -0.15) is 0 Å². The van der Waals surface area contributed by atoms with E-state index < -0.39 is 6.09 Å². The quantitative estimate of drug-likeness (QED) is 0.787. The summed E-state index contributed by atoms with van der Waals surface area (Å²) in [6, 6.07) is 0. The SMILES string of the molecule is COC=CC(C)(C)C1C2CCC1CN(C(=O)O)C2. The lowest BCUT2D eigenvalue weighted by molar-refractivity contribution is 0.0514. The molecule has 1 saturated carbocycles. The summed E-state index contributed by atoms with van der Waals surface area (Å²) < 4.78 is 5.03. The van der Waals surface area contributed by atoms with Crippen molar-refractivity contribution < 1.29 is 14.6 Å². The van der Waals surface area contributed by atoms with Gasteiger partial charge >= 0.3 is 6.09 Å². The fourth-order valence-electron chi connectivity index (χ4n) is 3.95. The minimum atomic E-state index is -0.768. The molecule has 2 rings (SSSR count). The fraction of sp³-hybridized carbons (Fsp3) is 0.786. The summed E-state index contributed by atoms with van der Waals surface area (Å²) in [6.45, 7) is 5.85. The smallest absolute Gasteiger partial charge is 0.407 e. The number of piperidine rings is 1. The maximum Gasteiger partial charge on any atom is 0.407 e. The molecule has 1 saturated heterocycles. The first-order chi connectivity index (χ1) is 8.45. The third-order valence-corrected chi connectivity index (χ3v) is 4.60. The number of nitrogens with zero attached hydrogens (tertiary/aromatic N) is 1. The Hall–Kier alpha value is -1.19. The van der Waals surface area contributed by atoms with Crippen molar-refractivity contribution in [1.82, 2.24) is 4.90 Å². The van der Waals surface area contributed by atoms with E-state index in [0.29, 0.717) is 30.8 Å². The van der Waals surface area contributed by atoms with Crippen LogP contribution in [0.4, 0.5) is 4.79 Å². The summed E-state index contributed by atoms with van der Waals surface area (Å²) in [7, 11) is 1.66. The first kappa shape index (κ1) is 13.2. The summed E-state index contributed by atoms with van der Waals surface area (Å²) in [5.74, 6) is 1.56. The molecule has 1 aliphatic carbocycles. The van der Waals surface area contributed by atoms with Crippen LogP contribution in [0.5, 0.6) is 0 Å². The predicted molar refractivity (Wildman–Crippen MR) is 69.2 cm³/mol. The minimum absolute atomic E-state index is 0.0758. The van der Waals surface area contributed by atoms with Gasteiger partial charge < -0.3 is 14.7 Å². The lowest BCUT2D eigenvalue weighted by Gasteiger charge is -2.43. The van der Waals surface area contributed by atoms with Crippen LogP contribution in [-0.2, 0) is 4.74 Å². The standard InChI is InChI=1S/C14H23NO3/c1-14(2,6-7-18-3)12-10-4-5-11(12)9-15(8-10)13(16)17/h6-7,10-12H,4-5,8-9H2,1-3H3,(H,16,17). The van der Waals surface area contributed by atoms with Gasteiger partial charge in [-0.05, 0) is 42.1 Å². The molecule has 0 aromatic heterocycles. The van der Waals surface area contributed by atoms with E-state index in [-0.39, 0.29) is 5.41 Å². The first-order valence-electron chi connectivity index (χ1n) is 6.64. The number of ether oxygens (including phenoxy) is 1. The second-order valence-electron chi connectivity index (χ2n) is 6.17. The third-order valence-electron chi connectivity index (χ3n) is 4.60. The highest BCUT2D eigenvalue weighted by molar-refractivity contribution is 5.65. The van der Waals surface area contributed by atoms with Gasteiger partial charge in [0.05, 0.1) is 13.4 Å². The minimum Gasteiger partial charge on any atom is -0.505 e. The maximum atomic E-state index is 11.1. The van der Waals surface area contributed by atoms with Crippen molar-refractivity contribution in [2.75, 3.05) is 20.2 Å².